The molecular weight excluding hydrogens is 200 g/mol. The zero-order valence-corrected chi connectivity index (χ0v) is 11.0. The van der Waals surface area contributed by atoms with E-state index in [2.05, 4.69) is 20.8 Å². The lowest BCUT2D eigenvalue weighted by molar-refractivity contribution is 0.101. The van der Waals surface area contributed by atoms with Gasteiger partial charge in [-0.2, -0.15) is 0 Å². The SMILES string of the molecule is COc1c(C(C)(C)C)ccc(C)c1C(C)=O. The first-order chi connectivity index (χ1) is 7.29. The van der Waals surface area contributed by atoms with E-state index in [1.54, 1.807) is 14.0 Å². The molecule has 88 valence electrons. The Morgan fingerprint density at radius 1 is 1.25 bits per heavy atom. The molecule has 2 nitrogen and oxygen atoms in total. The van der Waals surface area contributed by atoms with E-state index in [1.165, 1.54) is 0 Å². The molecule has 1 aromatic rings. The lowest BCUT2D eigenvalue weighted by Crippen LogP contribution is -2.15. The van der Waals surface area contributed by atoms with Gasteiger partial charge in [0.25, 0.3) is 0 Å². The number of aryl methyl sites for hydroxylation is 1. The van der Waals surface area contributed by atoms with Gasteiger partial charge < -0.3 is 4.74 Å². The molecule has 0 aliphatic carbocycles. The van der Waals surface area contributed by atoms with Gasteiger partial charge in [0.15, 0.2) is 5.78 Å². The second kappa shape index (κ2) is 4.28. The van der Waals surface area contributed by atoms with Crippen molar-refractivity contribution in [2.45, 2.75) is 40.0 Å². The third-order valence-electron chi connectivity index (χ3n) is 2.73. The normalized spacial score (nSPS) is 11.4. The molecule has 1 rings (SSSR count). The van der Waals surface area contributed by atoms with Gasteiger partial charge in [-0.3, -0.25) is 4.79 Å². The van der Waals surface area contributed by atoms with Crippen molar-refractivity contribution in [3.63, 3.8) is 0 Å². The van der Waals surface area contributed by atoms with Crippen molar-refractivity contribution in [2.24, 2.45) is 0 Å². The highest BCUT2D eigenvalue weighted by Crippen LogP contribution is 2.35. The van der Waals surface area contributed by atoms with E-state index >= 15 is 0 Å². The van der Waals surface area contributed by atoms with E-state index < -0.39 is 0 Å². The molecule has 0 saturated carbocycles. The predicted octanol–water partition coefficient (Wildman–Crippen LogP) is 3.50. The second-order valence-corrected chi connectivity index (χ2v) is 5.14. The highest BCUT2D eigenvalue weighted by Gasteiger charge is 2.23. The van der Waals surface area contributed by atoms with E-state index in [4.69, 9.17) is 4.74 Å². The van der Waals surface area contributed by atoms with Crippen molar-refractivity contribution in [3.8, 4) is 5.75 Å². The van der Waals surface area contributed by atoms with Crippen LogP contribution in [0, 0.1) is 6.92 Å². The minimum atomic E-state index is -0.0246. The largest absolute Gasteiger partial charge is 0.496 e. The van der Waals surface area contributed by atoms with Crippen molar-refractivity contribution in [1.29, 1.82) is 0 Å². The van der Waals surface area contributed by atoms with Gasteiger partial charge in [0, 0.05) is 5.56 Å². The summed E-state index contributed by atoms with van der Waals surface area (Å²) < 4.78 is 5.42. The molecule has 2 heteroatoms. The Hall–Kier alpha value is -1.31. The van der Waals surface area contributed by atoms with Crippen molar-refractivity contribution in [2.75, 3.05) is 7.11 Å². The lowest BCUT2D eigenvalue weighted by atomic mass is 9.83. The second-order valence-electron chi connectivity index (χ2n) is 5.14. The van der Waals surface area contributed by atoms with Crippen molar-refractivity contribution in [1.82, 2.24) is 0 Å². The molecule has 0 aliphatic rings. The number of rotatable bonds is 2. The van der Waals surface area contributed by atoms with Crippen LogP contribution in [0.15, 0.2) is 12.1 Å². The Morgan fingerprint density at radius 3 is 2.19 bits per heavy atom. The van der Waals surface area contributed by atoms with E-state index in [-0.39, 0.29) is 11.2 Å². The average Bonchev–Trinajstić information content (AvgIpc) is 2.14. The Bertz CT molecular complexity index is 411. The van der Waals surface area contributed by atoms with Crippen molar-refractivity contribution in [3.05, 3.63) is 28.8 Å². The molecule has 0 amide bonds. The Kier molecular flexibility index (Phi) is 3.41. The summed E-state index contributed by atoms with van der Waals surface area (Å²) in [6.07, 6.45) is 0. The highest BCUT2D eigenvalue weighted by molar-refractivity contribution is 5.98. The molecule has 0 N–H and O–H groups in total. The van der Waals surface area contributed by atoms with Gasteiger partial charge >= 0.3 is 0 Å². The van der Waals surface area contributed by atoms with Gasteiger partial charge in [-0.25, -0.2) is 0 Å². The molecule has 0 atom stereocenters. The summed E-state index contributed by atoms with van der Waals surface area (Å²) in [5.41, 5.74) is 2.72. The maximum absolute atomic E-state index is 11.6. The van der Waals surface area contributed by atoms with Crippen LogP contribution < -0.4 is 4.74 Å². The fourth-order valence-corrected chi connectivity index (χ4v) is 1.92. The number of ether oxygens (including phenoxy) is 1. The number of ketones is 1. The Labute approximate surface area is 97.6 Å². The first-order valence-corrected chi connectivity index (χ1v) is 5.48. The minimum absolute atomic E-state index is 0.0246. The van der Waals surface area contributed by atoms with Gasteiger partial charge in [0.2, 0.25) is 0 Å². The fourth-order valence-electron chi connectivity index (χ4n) is 1.92. The van der Waals surface area contributed by atoms with E-state index in [0.29, 0.717) is 5.56 Å². The molecule has 0 fully saturated rings. The van der Waals surface area contributed by atoms with Crippen LogP contribution in [-0.2, 0) is 5.41 Å². The molecular formula is C14H20O2. The van der Waals surface area contributed by atoms with Crippen LogP contribution in [0.25, 0.3) is 0 Å². The number of methoxy groups -OCH3 is 1. The zero-order valence-electron chi connectivity index (χ0n) is 11.0. The summed E-state index contributed by atoms with van der Waals surface area (Å²) in [7, 11) is 1.62. The number of Topliss-reactive ketones (excluding diaryl/α,β-unsaturated/α-hetero) is 1. The molecule has 1 aromatic carbocycles. The lowest BCUT2D eigenvalue weighted by Gasteiger charge is -2.24. The molecule has 0 heterocycles. The van der Waals surface area contributed by atoms with Crippen LogP contribution in [0.2, 0.25) is 0 Å². The molecule has 0 bridgehead atoms. The Morgan fingerprint density at radius 2 is 1.81 bits per heavy atom. The van der Waals surface area contributed by atoms with E-state index in [9.17, 15) is 4.79 Å². The zero-order chi connectivity index (χ0) is 12.5. The van der Waals surface area contributed by atoms with Crippen molar-refractivity contribution < 1.29 is 9.53 Å². The van der Waals surface area contributed by atoms with Crippen LogP contribution in [0.5, 0.6) is 5.75 Å². The summed E-state index contributed by atoms with van der Waals surface area (Å²) in [6.45, 7) is 9.86. The van der Waals surface area contributed by atoms with Crippen LogP contribution in [0.4, 0.5) is 0 Å². The molecule has 0 unspecified atom stereocenters. The van der Waals surface area contributed by atoms with Crippen LogP contribution in [0.3, 0.4) is 0 Å². The van der Waals surface area contributed by atoms with E-state index in [0.717, 1.165) is 16.9 Å². The summed E-state index contributed by atoms with van der Waals surface area (Å²) in [4.78, 5) is 11.6. The highest BCUT2D eigenvalue weighted by atomic mass is 16.5. The van der Waals surface area contributed by atoms with Crippen molar-refractivity contribution >= 4 is 5.78 Å². The minimum Gasteiger partial charge on any atom is -0.496 e. The van der Waals surface area contributed by atoms with Gasteiger partial charge in [-0.05, 0) is 24.8 Å². The molecule has 0 aliphatic heterocycles. The summed E-state index contributed by atoms with van der Waals surface area (Å²) in [6, 6.07) is 4.03. The van der Waals surface area contributed by atoms with Gasteiger partial charge in [-0.15, -0.1) is 0 Å². The maximum Gasteiger partial charge on any atom is 0.163 e. The molecule has 0 aromatic heterocycles. The van der Waals surface area contributed by atoms with Crippen LogP contribution in [-0.4, -0.2) is 12.9 Å². The summed E-state index contributed by atoms with van der Waals surface area (Å²) in [5, 5.41) is 0. The van der Waals surface area contributed by atoms with Crippen LogP contribution in [0.1, 0.15) is 49.2 Å². The number of carbonyl (C=O) groups excluding carboxylic acids is 1. The van der Waals surface area contributed by atoms with Gasteiger partial charge in [-0.1, -0.05) is 32.9 Å². The number of carbonyl (C=O) groups is 1. The van der Waals surface area contributed by atoms with Gasteiger partial charge in [0.05, 0.1) is 12.7 Å². The third kappa shape index (κ3) is 2.26. The molecule has 0 saturated heterocycles. The monoisotopic (exact) mass is 220 g/mol. The fraction of sp³-hybridized carbons (Fsp3) is 0.500. The van der Waals surface area contributed by atoms with E-state index in [1.807, 2.05) is 19.1 Å². The average molecular weight is 220 g/mol. The first-order valence-electron chi connectivity index (χ1n) is 5.48. The Balaban J connectivity index is 3.56. The number of benzene rings is 1. The van der Waals surface area contributed by atoms with Gasteiger partial charge in [0.1, 0.15) is 5.75 Å². The summed E-state index contributed by atoms with van der Waals surface area (Å²) in [5.74, 6) is 0.778. The first kappa shape index (κ1) is 12.8. The van der Waals surface area contributed by atoms with Crippen LogP contribution >= 0.6 is 0 Å². The topological polar surface area (TPSA) is 26.3 Å². The molecule has 0 spiro atoms. The molecule has 0 radical (unpaired) electrons. The maximum atomic E-state index is 11.6. The quantitative estimate of drug-likeness (QED) is 0.713. The molecule has 16 heavy (non-hydrogen) atoms. The number of hydrogen-bond acceptors (Lipinski definition) is 2. The standard InChI is InChI=1S/C14H20O2/c1-9-7-8-11(14(3,4)5)13(16-6)12(9)10(2)15/h7-8H,1-6H3. The third-order valence-corrected chi connectivity index (χ3v) is 2.73. The number of hydrogen-bond donors (Lipinski definition) is 0. The summed E-state index contributed by atoms with van der Waals surface area (Å²) >= 11 is 0. The smallest absolute Gasteiger partial charge is 0.163 e. The predicted molar refractivity (Wildman–Crippen MR) is 66.4 cm³/mol.